The van der Waals surface area contributed by atoms with Gasteiger partial charge in [0.2, 0.25) is 5.78 Å². The molecule has 0 fully saturated rings. The summed E-state index contributed by atoms with van der Waals surface area (Å²) >= 11 is 0. The summed E-state index contributed by atoms with van der Waals surface area (Å²) in [4.78, 5) is 37.9. The molecular weight excluding hydrogens is 416 g/mol. The molecule has 0 unspecified atom stereocenters. The van der Waals surface area contributed by atoms with Crippen molar-refractivity contribution in [1.29, 1.82) is 0 Å². The Morgan fingerprint density at radius 2 is 1.97 bits per heavy atom. The van der Waals surface area contributed by atoms with Crippen LogP contribution in [0.3, 0.4) is 0 Å². The van der Waals surface area contributed by atoms with Crippen molar-refractivity contribution >= 4 is 17.5 Å². The summed E-state index contributed by atoms with van der Waals surface area (Å²) in [7, 11) is 1.74. The van der Waals surface area contributed by atoms with Gasteiger partial charge in [-0.25, -0.2) is 0 Å². The smallest absolute Gasteiger partial charge is 0.255 e. The highest BCUT2D eigenvalue weighted by Crippen LogP contribution is 2.51. The highest BCUT2D eigenvalue weighted by molar-refractivity contribution is 6.24. The van der Waals surface area contributed by atoms with E-state index in [1.54, 1.807) is 13.1 Å². The molecule has 0 saturated heterocycles. The molecule has 0 spiro atoms. The van der Waals surface area contributed by atoms with Crippen molar-refractivity contribution in [2.24, 2.45) is 17.6 Å². The van der Waals surface area contributed by atoms with Crippen LogP contribution in [-0.4, -0.2) is 57.1 Å². The van der Waals surface area contributed by atoms with Gasteiger partial charge >= 0.3 is 0 Å². The molecule has 1 amide bonds. The van der Waals surface area contributed by atoms with Crippen LogP contribution in [0, 0.1) is 23.7 Å². The van der Waals surface area contributed by atoms with Crippen molar-refractivity contribution in [3.05, 3.63) is 51.5 Å². The summed E-state index contributed by atoms with van der Waals surface area (Å²) in [6, 6.07) is 2.94. The summed E-state index contributed by atoms with van der Waals surface area (Å²) in [5, 5.41) is 45.6. The van der Waals surface area contributed by atoms with Crippen molar-refractivity contribution in [2.75, 3.05) is 13.6 Å². The highest BCUT2D eigenvalue weighted by atomic mass is 16.3. The van der Waals surface area contributed by atoms with E-state index in [2.05, 4.69) is 17.2 Å². The first-order valence-corrected chi connectivity index (χ1v) is 10.1. The number of hydrogen-bond acceptors (Lipinski definition) is 8. The number of aliphatic hydroxyl groups is 3. The van der Waals surface area contributed by atoms with Gasteiger partial charge in [-0.1, -0.05) is 11.8 Å². The number of fused-ring (bicyclic) bond motifs is 3. The Balaban J connectivity index is 1.88. The molecule has 166 valence electrons. The van der Waals surface area contributed by atoms with Crippen molar-refractivity contribution in [3.63, 3.8) is 0 Å². The first kappa shape index (κ1) is 21.6. The second-order valence-electron chi connectivity index (χ2n) is 8.23. The largest absolute Gasteiger partial charge is 0.511 e. The number of carbonyl (C=O) groups excluding carboxylic acids is 3. The Labute approximate surface area is 183 Å². The van der Waals surface area contributed by atoms with Crippen LogP contribution in [0.4, 0.5) is 0 Å². The van der Waals surface area contributed by atoms with E-state index in [4.69, 9.17) is 5.73 Å². The molecule has 3 atom stereocenters. The van der Waals surface area contributed by atoms with E-state index in [9.17, 15) is 34.8 Å². The van der Waals surface area contributed by atoms with E-state index >= 15 is 0 Å². The molecule has 0 aliphatic heterocycles. The number of phenolic OH excluding ortho intramolecular Hbond substituents is 1. The van der Waals surface area contributed by atoms with Crippen molar-refractivity contribution in [1.82, 2.24) is 5.32 Å². The zero-order valence-electron chi connectivity index (χ0n) is 17.2. The molecule has 7 N–H and O–H groups in total. The fourth-order valence-electron chi connectivity index (χ4n) is 4.96. The maximum Gasteiger partial charge on any atom is 0.255 e. The predicted molar refractivity (Wildman–Crippen MR) is 112 cm³/mol. The summed E-state index contributed by atoms with van der Waals surface area (Å²) in [6.07, 6.45) is 0.0542. The second kappa shape index (κ2) is 7.51. The number of rotatable bonds is 2. The third-order valence-electron chi connectivity index (χ3n) is 6.43. The monoisotopic (exact) mass is 438 g/mol. The molecule has 0 heterocycles. The number of amides is 1. The van der Waals surface area contributed by atoms with Gasteiger partial charge in [-0.2, -0.15) is 0 Å². The van der Waals surface area contributed by atoms with Gasteiger partial charge in [-0.15, -0.1) is 0 Å². The first-order valence-electron chi connectivity index (χ1n) is 10.1. The third kappa shape index (κ3) is 2.92. The van der Waals surface area contributed by atoms with E-state index in [-0.39, 0.29) is 36.1 Å². The number of aromatic hydroxyl groups is 1. The lowest BCUT2D eigenvalue weighted by molar-refractivity contribution is -0.144. The minimum atomic E-state index is -2.56. The fraction of sp³-hybridized carbons (Fsp3) is 0.348. The van der Waals surface area contributed by atoms with Crippen molar-refractivity contribution in [3.8, 4) is 17.6 Å². The molecule has 0 radical (unpaired) electrons. The Kier molecular flexibility index (Phi) is 5.07. The lowest BCUT2D eigenvalue weighted by atomic mass is 9.60. The van der Waals surface area contributed by atoms with Gasteiger partial charge in [0, 0.05) is 23.5 Å². The van der Waals surface area contributed by atoms with E-state index in [0.29, 0.717) is 17.7 Å². The number of Topliss-reactive ketones (excluding diaryl/α,β-unsaturated/α-hetero) is 2. The molecule has 9 heteroatoms. The molecule has 3 aliphatic rings. The summed E-state index contributed by atoms with van der Waals surface area (Å²) in [5.74, 6) is -0.572. The maximum atomic E-state index is 13.4. The van der Waals surface area contributed by atoms with Gasteiger partial charge in [0.25, 0.3) is 5.91 Å². The SMILES string of the molecule is CNCC#Cc1ccc(O)c2c1C[C@H]1C[C@H]3CC(O)=C(C(N)=O)C(=O)[C@@]3(O)C(O)=C1C2=O. The van der Waals surface area contributed by atoms with E-state index in [1.807, 2.05) is 0 Å². The number of benzene rings is 1. The number of ketones is 2. The average Bonchev–Trinajstić information content (AvgIpc) is 2.72. The molecular formula is C23H22N2O7. The zero-order valence-corrected chi connectivity index (χ0v) is 17.2. The average molecular weight is 438 g/mol. The molecule has 1 aromatic carbocycles. The normalized spacial score (nSPS) is 26.7. The van der Waals surface area contributed by atoms with Gasteiger partial charge in [0.05, 0.1) is 12.1 Å². The van der Waals surface area contributed by atoms with Crippen LogP contribution >= 0.6 is 0 Å². The van der Waals surface area contributed by atoms with E-state index in [1.165, 1.54) is 6.07 Å². The number of aliphatic hydroxyl groups excluding tert-OH is 2. The molecule has 0 bridgehead atoms. The minimum absolute atomic E-state index is 0.0436. The lowest BCUT2D eigenvalue weighted by Crippen LogP contribution is -2.57. The van der Waals surface area contributed by atoms with Crippen molar-refractivity contribution in [2.45, 2.75) is 24.9 Å². The number of nitrogens with one attached hydrogen (secondary N) is 1. The second-order valence-corrected chi connectivity index (χ2v) is 8.23. The van der Waals surface area contributed by atoms with Crippen molar-refractivity contribution < 1.29 is 34.8 Å². The Hall–Kier alpha value is -3.61. The molecule has 3 aliphatic carbocycles. The molecule has 1 aromatic rings. The quantitative estimate of drug-likeness (QED) is 0.280. The van der Waals surface area contributed by atoms with Gasteiger partial charge in [-0.05, 0) is 43.5 Å². The van der Waals surface area contributed by atoms with Crippen LogP contribution in [0.2, 0.25) is 0 Å². The molecule has 0 saturated carbocycles. The molecule has 32 heavy (non-hydrogen) atoms. The minimum Gasteiger partial charge on any atom is -0.511 e. The lowest BCUT2D eigenvalue weighted by Gasteiger charge is -2.45. The van der Waals surface area contributed by atoms with Crippen LogP contribution in [0.1, 0.15) is 34.3 Å². The molecule has 0 aromatic heterocycles. The summed E-state index contributed by atoms with van der Waals surface area (Å²) in [5.41, 5.74) is 2.67. The van der Waals surface area contributed by atoms with Crippen LogP contribution in [0.15, 0.2) is 34.8 Å². The first-order chi connectivity index (χ1) is 15.1. The summed E-state index contributed by atoms with van der Waals surface area (Å²) in [6.45, 7) is 0.421. The molecule has 9 nitrogen and oxygen atoms in total. The Morgan fingerprint density at radius 1 is 1.25 bits per heavy atom. The Bertz CT molecular complexity index is 1200. The highest BCUT2D eigenvalue weighted by Gasteiger charge is 2.59. The van der Waals surface area contributed by atoms with Gasteiger partial charge in [-0.3, -0.25) is 14.4 Å². The number of primary amides is 1. The molecule has 4 rings (SSSR count). The van der Waals surface area contributed by atoms with E-state index in [0.717, 1.165) is 0 Å². The zero-order chi connectivity index (χ0) is 23.4. The van der Waals surface area contributed by atoms with Crippen LogP contribution in [0.5, 0.6) is 5.75 Å². The van der Waals surface area contributed by atoms with Crippen LogP contribution in [-0.2, 0) is 16.0 Å². The van der Waals surface area contributed by atoms with Gasteiger partial charge < -0.3 is 31.5 Å². The Morgan fingerprint density at radius 3 is 2.62 bits per heavy atom. The van der Waals surface area contributed by atoms with E-state index < -0.39 is 52.0 Å². The predicted octanol–water partition coefficient (Wildman–Crippen LogP) is 0.151. The third-order valence-corrected chi connectivity index (χ3v) is 6.43. The fourth-order valence-corrected chi connectivity index (χ4v) is 4.96. The van der Waals surface area contributed by atoms with Crippen LogP contribution < -0.4 is 11.1 Å². The van der Waals surface area contributed by atoms with Crippen LogP contribution in [0.25, 0.3) is 0 Å². The number of carbonyl (C=O) groups is 3. The standard InChI is InChI=1S/C23H22N2O7/c1-25-6-2-3-10-4-5-14(26)17-13(10)8-11-7-12-9-15(27)18(22(24)31)21(30)23(12,32)20(29)16(11)19(17)28/h4-5,11-12,25-27,29,32H,6-9H2,1H3,(H2,24,31)/t11-,12+,23+/m1/s1. The number of allylic oxidation sites excluding steroid dienone is 2. The maximum absolute atomic E-state index is 13.4. The van der Waals surface area contributed by atoms with Gasteiger partial charge in [0.15, 0.2) is 11.4 Å². The number of hydrogen-bond donors (Lipinski definition) is 6. The number of nitrogens with two attached hydrogens (primary N) is 1. The number of phenols is 1. The topological polar surface area (TPSA) is 170 Å². The van der Waals surface area contributed by atoms with Gasteiger partial charge in [0.1, 0.15) is 22.8 Å². The summed E-state index contributed by atoms with van der Waals surface area (Å²) < 4.78 is 0.